The second-order valence-electron chi connectivity index (χ2n) is 6.17. The molecular formula is C17H27N3O5. The average Bonchev–Trinajstić information content (AvgIpc) is 2.94. The lowest BCUT2D eigenvalue weighted by atomic mass is 10.1. The van der Waals surface area contributed by atoms with Crippen molar-refractivity contribution in [3.05, 3.63) is 11.8 Å². The Kier molecular flexibility index (Phi) is 8.66. The Hall–Kier alpha value is -2.38. The monoisotopic (exact) mass is 353 g/mol. The Labute approximate surface area is 147 Å². The highest BCUT2D eigenvalue weighted by molar-refractivity contribution is 5.94. The van der Waals surface area contributed by atoms with Crippen LogP contribution in [0.25, 0.3) is 0 Å². The quantitative estimate of drug-likeness (QED) is 0.647. The van der Waals surface area contributed by atoms with Crippen molar-refractivity contribution in [2.45, 2.75) is 47.0 Å². The highest BCUT2D eigenvalue weighted by atomic mass is 16.5. The van der Waals surface area contributed by atoms with Gasteiger partial charge in [0.05, 0.1) is 19.6 Å². The molecule has 0 aliphatic heterocycles. The minimum absolute atomic E-state index is 0.00888. The van der Waals surface area contributed by atoms with Crippen molar-refractivity contribution in [3.8, 4) is 0 Å². The van der Waals surface area contributed by atoms with Gasteiger partial charge in [0.2, 0.25) is 11.8 Å². The highest BCUT2D eigenvalue weighted by Gasteiger charge is 2.19. The van der Waals surface area contributed by atoms with E-state index in [0.29, 0.717) is 24.0 Å². The summed E-state index contributed by atoms with van der Waals surface area (Å²) in [7, 11) is 0. The van der Waals surface area contributed by atoms with Gasteiger partial charge in [-0.15, -0.1) is 0 Å². The van der Waals surface area contributed by atoms with Gasteiger partial charge in [0, 0.05) is 19.0 Å². The maximum Gasteiger partial charge on any atom is 0.306 e. The topological polar surface area (TPSA) is 102 Å². The summed E-state index contributed by atoms with van der Waals surface area (Å²) in [5, 5.41) is 6.28. The van der Waals surface area contributed by atoms with Crippen molar-refractivity contribution < 1.29 is 23.6 Å². The Balaban J connectivity index is 2.59. The molecular weight excluding hydrogens is 326 g/mol. The number of rotatable bonds is 10. The van der Waals surface area contributed by atoms with Gasteiger partial charge in [-0.1, -0.05) is 19.0 Å². The van der Waals surface area contributed by atoms with Gasteiger partial charge in [-0.2, -0.15) is 0 Å². The fourth-order valence-corrected chi connectivity index (χ4v) is 2.09. The predicted molar refractivity (Wildman–Crippen MR) is 91.8 cm³/mol. The summed E-state index contributed by atoms with van der Waals surface area (Å²) in [6, 6.07) is 1.60. The van der Waals surface area contributed by atoms with E-state index in [1.807, 2.05) is 13.8 Å². The van der Waals surface area contributed by atoms with Gasteiger partial charge in [0.25, 0.3) is 0 Å². The van der Waals surface area contributed by atoms with Crippen LogP contribution < -0.4 is 5.32 Å². The first-order valence-electron chi connectivity index (χ1n) is 8.48. The van der Waals surface area contributed by atoms with E-state index in [9.17, 15) is 14.4 Å². The van der Waals surface area contributed by atoms with E-state index >= 15 is 0 Å². The standard InChI is InChI=1S/C17H27N3O5/c1-5-24-17(23)7-6-16(22)20(9-8-12(2)3)11-15(21)18-14-10-13(4)25-19-14/h10,12H,5-9,11H2,1-4H3,(H,18,19,21). The Morgan fingerprint density at radius 3 is 2.60 bits per heavy atom. The van der Waals surface area contributed by atoms with Crippen LogP contribution in [-0.2, 0) is 19.1 Å². The zero-order valence-electron chi connectivity index (χ0n) is 15.3. The summed E-state index contributed by atoms with van der Waals surface area (Å²) in [4.78, 5) is 37.4. The number of hydrogen-bond acceptors (Lipinski definition) is 6. The molecule has 0 bridgehead atoms. The van der Waals surface area contributed by atoms with Crippen LogP contribution in [0.5, 0.6) is 0 Å². The van der Waals surface area contributed by atoms with Gasteiger partial charge in [-0.25, -0.2) is 0 Å². The van der Waals surface area contributed by atoms with E-state index < -0.39 is 5.97 Å². The molecule has 140 valence electrons. The van der Waals surface area contributed by atoms with E-state index in [4.69, 9.17) is 9.26 Å². The number of ether oxygens (including phenoxy) is 1. The summed E-state index contributed by atoms with van der Waals surface area (Å²) in [6.07, 6.45) is 0.795. The lowest BCUT2D eigenvalue weighted by Crippen LogP contribution is -2.39. The first-order chi connectivity index (χ1) is 11.8. The molecule has 1 heterocycles. The molecule has 0 aliphatic carbocycles. The first kappa shape index (κ1) is 20.7. The predicted octanol–water partition coefficient (Wildman–Crippen LogP) is 2.14. The Morgan fingerprint density at radius 1 is 1.32 bits per heavy atom. The van der Waals surface area contributed by atoms with Crippen molar-refractivity contribution in [2.24, 2.45) is 5.92 Å². The number of carbonyl (C=O) groups excluding carboxylic acids is 3. The maximum atomic E-state index is 12.4. The van der Waals surface area contributed by atoms with Gasteiger partial charge >= 0.3 is 5.97 Å². The summed E-state index contributed by atoms with van der Waals surface area (Å²) < 4.78 is 9.71. The molecule has 0 saturated carbocycles. The van der Waals surface area contributed by atoms with Gasteiger partial charge in [-0.3, -0.25) is 14.4 Å². The maximum absolute atomic E-state index is 12.4. The molecule has 0 atom stereocenters. The van der Waals surface area contributed by atoms with E-state index in [2.05, 4.69) is 10.5 Å². The molecule has 0 aromatic carbocycles. The highest BCUT2D eigenvalue weighted by Crippen LogP contribution is 2.09. The van der Waals surface area contributed by atoms with E-state index in [-0.39, 0.29) is 37.8 Å². The molecule has 0 fully saturated rings. The van der Waals surface area contributed by atoms with E-state index in [0.717, 1.165) is 6.42 Å². The van der Waals surface area contributed by atoms with Crippen LogP contribution in [0, 0.1) is 12.8 Å². The molecule has 0 aliphatic rings. The summed E-state index contributed by atoms with van der Waals surface area (Å²) in [5.41, 5.74) is 0. The fraction of sp³-hybridized carbons (Fsp3) is 0.647. The second kappa shape index (κ2) is 10.5. The largest absolute Gasteiger partial charge is 0.466 e. The molecule has 25 heavy (non-hydrogen) atoms. The van der Waals surface area contributed by atoms with E-state index in [1.165, 1.54) is 4.90 Å². The third-order valence-electron chi connectivity index (χ3n) is 3.41. The number of nitrogens with one attached hydrogen (secondary N) is 1. The van der Waals surface area contributed by atoms with Crippen LogP contribution in [0.2, 0.25) is 0 Å². The number of esters is 1. The first-order valence-corrected chi connectivity index (χ1v) is 8.48. The van der Waals surface area contributed by atoms with Gasteiger partial charge in [0.15, 0.2) is 5.82 Å². The number of hydrogen-bond donors (Lipinski definition) is 1. The summed E-state index contributed by atoms with van der Waals surface area (Å²) >= 11 is 0. The van der Waals surface area contributed by atoms with Crippen LogP contribution >= 0.6 is 0 Å². The van der Waals surface area contributed by atoms with Crippen LogP contribution in [0.4, 0.5) is 5.82 Å². The third-order valence-corrected chi connectivity index (χ3v) is 3.41. The molecule has 8 heteroatoms. The second-order valence-corrected chi connectivity index (χ2v) is 6.17. The van der Waals surface area contributed by atoms with Crippen molar-refractivity contribution >= 4 is 23.6 Å². The van der Waals surface area contributed by atoms with E-state index in [1.54, 1.807) is 19.9 Å². The molecule has 1 N–H and O–H groups in total. The lowest BCUT2D eigenvalue weighted by Gasteiger charge is -2.22. The number of aromatic nitrogens is 1. The molecule has 1 aromatic rings. The van der Waals surface area contributed by atoms with Gasteiger partial charge < -0.3 is 19.5 Å². The van der Waals surface area contributed by atoms with Crippen molar-refractivity contribution in [1.29, 1.82) is 0 Å². The Morgan fingerprint density at radius 2 is 2.04 bits per heavy atom. The number of carbonyl (C=O) groups is 3. The molecule has 0 spiro atoms. The smallest absolute Gasteiger partial charge is 0.306 e. The molecule has 0 saturated heterocycles. The number of anilines is 1. The van der Waals surface area contributed by atoms with Gasteiger partial charge in [-0.05, 0) is 26.2 Å². The molecule has 2 amide bonds. The zero-order chi connectivity index (χ0) is 18.8. The SMILES string of the molecule is CCOC(=O)CCC(=O)N(CCC(C)C)CC(=O)Nc1cc(C)on1. The zero-order valence-corrected chi connectivity index (χ0v) is 15.3. The number of nitrogens with zero attached hydrogens (tertiary/aromatic N) is 2. The minimum atomic E-state index is -0.415. The van der Waals surface area contributed by atoms with Gasteiger partial charge in [0.1, 0.15) is 5.76 Å². The van der Waals surface area contributed by atoms with Crippen molar-refractivity contribution in [1.82, 2.24) is 10.1 Å². The van der Waals surface area contributed by atoms with Crippen molar-refractivity contribution in [3.63, 3.8) is 0 Å². The number of amides is 2. The summed E-state index contributed by atoms with van der Waals surface area (Å²) in [5.74, 6) is 0.258. The minimum Gasteiger partial charge on any atom is -0.466 e. The van der Waals surface area contributed by atoms with Crippen molar-refractivity contribution in [2.75, 3.05) is 25.0 Å². The normalized spacial score (nSPS) is 10.6. The molecule has 8 nitrogen and oxygen atoms in total. The van der Waals surface area contributed by atoms with Crippen LogP contribution in [0.3, 0.4) is 0 Å². The lowest BCUT2D eigenvalue weighted by molar-refractivity contribution is -0.145. The van der Waals surface area contributed by atoms with Crippen LogP contribution in [-0.4, -0.2) is 47.5 Å². The van der Waals surface area contributed by atoms with Crippen LogP contribution in [0.15, 0.2) is 10.6 Å². The number of aryl methyl sites for hydroxylation is 1. The molecule has 1 rings (SSSR count). The summed E-state index contributed by atoms with van der Waals surface area (Å²) in [6.45, 7) is 8.15. The molecule has 1 aromatic heterocycles. The average molecular weight is 353 g/mol. The molecule has 0 unspecified atom stereocenters. The fourth-order valence-electron chi connectivity index (χ4n) is 2.09. The third kappa shape index (κ3) is 8.32. The van der Waals surface area contributed by atoms with Crippen LogP contribution in [0.1, 0.15) is 45.8 Å². The Bertz CT molecular complexity index is 583. The molecule has 0 radical (unpaired) electrons.